The van der Waals surface area contributed by atoms with Gasteiger partial charge in [0.2, 0.25) is 5.91 Å². The summed E-state index contributed by atoms with van der Waals surface area (Å²) < 4.78 is 48.1. The molecule has 0 aromatic heterocycles. The van der Waals surface area contributed by atoms with Crippen LogP contribution in [0.4, 0.5) is 23.7 Å². The Morgan fingerprint density at radius 2 is 1.54 bits per heavy atom. The third kappa shape index (κ3) is 9.24. The van der Waals surface area contributed by atoms with Crippen molar-refractivity contribution in [3.05, 3.63) is 142 Å². The van der Waals surface area contributed by atoms with E-state index in [-0.39, 0.29) is 46.6 Å². The predicted molar refractivity (Wildman–Crippen MR) is 190 cm³/mol. The zero-order valence-electron chi connectivity index (χ0n) is 28.8. The monoisotopic (exact) mass is 783 g/mol. The third-order valence-electron chi connectivity index (χ3n) is 9.34. The Bertz CT molecular complexity index is 2000. The van der Waals surface area contributed by atoms with Crippen LogP contribution in [0.5, 0.6) is 0 Å². The number of benzene rings is 4. The number of imide groups is 1. The van der Waals surface area contributed by atoms with Gasteiger partial charge in [0.05, 0.1) is 29.8 Å². The minimum atomic E-state index is -4.90. The Morgan fingerprint density at radius 3 is 2.20 bits per heavy atom. The minimum Gasteiger partial charge on any atom is -0.625 e. The van der Waals surface area contributed by atoms with Gasteiger partial charge in [0, 0.05) is 40.9 Å². The van der Waals surface area contributed by atoms with E-state index in [0.717, 1.165) is 35.1 Å². The first-order valence-electron chi connectivity index (χ1n) is 17.1. The first-order valence-corrected chi connectivity index (χ1v) is 17.1. The van der Waals surface area contributed by atoms with Gasteiger partial charge in [-0.05, 0) is 42.1 Å². The number of aliphatic imine (C=N–C) groups is 1. The van der Waals surface area contributed by atoms with Gasteiger partial charge in [0.15, 0.2) is 6.04 Å². The summed E-state index contributed by atoms with van der Waals surface area (Å²) in [4.78, 5) is 60.1. The van der Waals surface area contributed by atoms with Crippen molar-refractivity contribution in [3.8, 4) is 0 Å². The number of cyclic esters (lactones) is 1. The summed E-state index contributed by atoms with van der Waals surface area (Å²) in [5.74, 6) is -4.59. The summed E-state index contributed by atoms with van der Waals surface area (Å²) in [5, 5.41) is 15.2. The van der Waals surface area contributed by atoms with Crippen molar-refractivity contribution in [2.75, 3.05) is 19.7 Å². The average Bonchev–Trinajstić information content (AvgIpc) is 3.81. The topological polar surface area (TPSA) is 131 Å². The number of aliphatic carboxylic acids is 1. The van der Waals surface area contributed by atoms with Crippen LogP contribution in [0.2, 0.25) is 0 Å². The number of carboxylic acid groups (broad SMARTS) is 1. The van der Waals surface area contributed by atoms with Crippen LogP contribution in [0.25, 0.3) is 5.32 Å². The van der Waals surface area contributed by atoms with Crippen LogP contribution in [0.15, 0.2) is 114 Å². The molecule has 0 spiro atoms. The van der Waals surface area contributed by atoms with E-state index in [2.05, 4.69) is 15.2 Å². The molecule has 0 bridgehead atoms. The number of likely N-dealkylation sites (tertiary alicyclic amines) is 1. The van der Waals surface area contributed by atoms with Crippen molar-refractivity contribution >= 4 is 35.3 Å². The van der Waals surface area contributed by atoms with Gasteiger partial charge in [-0.15, -0.1) is 5.69 Å². The molecule has 0 saturated carbocycles. The van der Waals surface area contributed by atoms with Crippen LogP contribution < -0.4 is 0 Å². The van der Waals surface area contributed by atoms with Gasteiger partial charge in [0.25, 0.3) is 0 Å². The second-order valence-corrected chi connectivity index (χ2v) is 12.8. The van der Waals surface area contributed by atoms with Crippen molar-refractivity contribution in [3.63, 3.8) is 0 Å². The van der Waals surface area contributed by atoms with E-state index in [1.165, 1.54) is 6.07 Å². The van der Waals surface area contributed by atoms with Crippen molar-refractivity contribution in [2.45, 2.75) is 50.0 Å². The van der Waals surface area contributed by atoms with E-state index < -0.39 is 65.6 Å². The predicted octanol–water partition coefficient (Wildman–Crippen LogP) is 7.34. The van der Waals surface area contributed by atoms with Crippen LogP contribution in [0.3, 0.4) is 0 Å². The fourth-order valence-electron chi connectivity index (χ4n) is 6.82. The summed E-state index contributed by atoms with van der Waals surface area (Å²) >= 11 is 0. The number of hydrogen-bond donors (Lipinski definition) is 1. The maximum Gasteiger partial charge on any atom is 0.416 e. The SMILES string of the molecule is O=C(O)[C@@H](N=C(c1ccccc1)c1ccccc1[N-]C(=O)[C@@H]1CCCN1Cc1ccccc1)[C@H](CC(=O)N1CCOC1=O)c1ccccc1C(F)(F)F.[Ni]. The first-order chi connectivity index (χ1) is 25.5. The van der Waals surface area contributed by atoms with E-state index >= 15 is 0 Å². The second-order valence-electron chi connectivity index (χ2n) is 12.8. The Labute approximate surface area is 319 Å². The number of alkyl halides is 3. The molecule has 1 N–H and O–H groups in total. The number of para-hydroxylation sites is 1. The van der Waals surface area contributed by atoms with Crippen LogP contribution in [-0.2, 0) is 48.3 Å². The minimum absolute atomic E-state index is 0. The van der Waals surface area contributed by atoms with Gasteiger partial charge in [-0.2, -0.15) is 13.2 Å². The summed E-state index contributed by atoms with van der Waals surface area (Å²) in [7, 11) is 0. The fraction of sp³-hybridized carbons (Fsp3) is 0.275. The van der Waals surface area contributed by atoms with E-state index in [0.29, 0.717) is 25.1 Å². The standard InChI is InChI=1S/C40H37F3N4O6.Ni/c41-40(42,43)31-18-9-7-16-28(31)30(24-34(48)47-22-23-53-39(47)52)36(38(50)51)45-35(27-14-5-2-6-15-27)29-17-8-10-19-32(29)44-37(49)33-20-11-21-46(33)25-26-12-3-1-4-13-26;/h1-10,12-19,30,33,36H,11,20-25H2,(H2,44,45,49,50,51);/p-1/t30-,33+,36+;/m1./s1. The van der Waals surface area contributed by atoms with E-state index in [9.17, 15) is 37.5 Å². The van der Waals surface area contributed by atoms with Gasteiger partial charge >= 0.3 is 18.2 Å². The molecule has 284 valence electrons. The molecule has 4 aromatic carbocycles. The number of hydrogen-bond acceptors (Lipinski definition) is 7. The van der Waals surface area contributed by atoms with Gasteiger partial charge in [0.1, 0.15) is 6.61 Å². The smallest absolute Gasteiger partial charge is 0.416 e. The molecule has 0 aliphatic carbocycles. The average molecular weight is 784 g/mol. The van der Waals surface area contributed by atoms with Crippen LogP contribution in [0.1, 0.15) is 53.0 Å². The largest absolute Gasteiger partial charge is 0.625 e. The zero-order valence-corrected chi connectivity index (χ0v) is 29.8. The van der Waals surface area contributed by atoms with Crippen molar-refractivity contribution in [1.29, 1.82) is 0 Å². The van der Waals surface area contributed by atoms with Crippen LogP contribution in [0, 0.1) is 0 Å². The quantitative estimate of drug-likeness (QED) is 0.118. The number of amides is 3. The number of nitrogens with zero attached hydrogens (tertiary/aromatic N) is 4. The maximum absolute atomic E-state index is 14.4. The summed E-state index contributed by atoms with van der Waals surface area (Å²) in [6, 6.07) is 26.6. The number of carbonyl (C=O) groups excluding carboxylic acids is 3. The molecule has 10 nitrogen and oxygen atoms in total. The van der Waals surface area contributed by atoms with Crippen molar-refractivity contribution in [2.24, 2.45) is 4.99 Å². The molecule has 6 rings (SSSR count). The summed E-state index contributed by atoms with van der Waals surface area (Å²) in [6.45, 7) is 1.03. The summed E-state index contributed by atoms with van der Waals surface area (Å²) in [5.41, 5.74) is 0.340. The molecule has 2 fully saturated rings. The molecular formula is C40H36F3N4NiO6-. The van der Waals surface area contributed by atoms with Crippen LogP contribution in [-0.4, -0.2) is 76.3 Å². The van der Waals surface area contributed by atoms with E-state index in [1.807, 2.05) is 30.3 Å². The Kier molecular flexibility index (Phi) is 13.0. The molecule has 14 heteroatoms. The maximum atomic E-state index is 14.4. The van der Waals surface area contributed by atoms with E-state index in [1.54, 1.807) is 54.6 Å². The molecule has 2 heterocycles. The Balaban J connectivity index is 0.00000561. The molecule has 2 aliphatic heterocycles. The van der Waals surface area contributed by atoms with Crippen molar-refractivity contribution in [1.82, 2.24) is 9.80 Å². The van der Waals surface area contributed by atoms with Gasteiger partial charge in [-0.25, -0.2) is 14.5 Å². The zero-order chi connectivity index (χ0) is 37.5. The molecular weight excluding hydrogens is 748 g/mol. The molecule has 3 amide bonds. The number of ether oxygens (including phenoxy) is 1. The number of carbonyl (C=O) groups is 4. The Hall–Kier alpha value is -5.33. The van der Waals surface area contributed by atoms with Crippen LogP contribution >= 0.6 is 0 Å². The molecule has 2 saturated heterocycles. The van der Waals surface area contributed by atoms with Crippen molar-refractivity contribution < 1.29 is 58.7 Å². The third-order valence-corrected chi connectivity index (χ3v) is 9.34. The number of carboxylic acids is 1. The fourth-order valence-corrected chi connectivity index (χ4v) is 6.82. The van der Waals surface area contributed by atoms with E-state index in [4.69, 9.17) is 4.74 Å². The number of rotatable bonds is 12. The van der Waals surface area contributed by atoms with Gasteiger partial charge in [-0.3, -0.25) is 14.7 Å². The molecule has 3 atom stereocenters. The van der Waals surface area contributed by atoms with Gasteiger partial charge < -0.3 is 20.0 Å². The molecule has 0 unspecified atom stereocenters. The first kappa shape index (κ1) is 39.9. The molecule has 4 aromatic rings. The normalized spacial score (nSPS) is 17.3. The van der Waals surface area contributed by atoms with Gasteiger partial charge in [-0.1, -0.05) is 103 Å². The second kappa shape index (κ2) is 17.7. The number of halogens is 3. The molecule has 0 radical (unpaired) electrons. The summed E-state index contributed by atoms with van der Waals surface area (Å²) in [6.07, 6.45) is -5.28. The molecule has 54 heavy (non-hydrogen) atoms. The Morgan fingerprint density at radius 1 is 0.889 bits per heavy atom. The molecule has 2 aliphatic rings.